The van der Waals surface area contributed by atoms with E-state index in [9.17, 15) is 9.59 Å². The van der Waals surface area contributed by atoms with E-state index in [2.05, 4.69) is 16.0 Å². The van der Waals surface area contributed by atoms with Crippen molar-refractivity contribution in [3.05, 3.63) is 29.8 Å². The second-order valence-corrected chi connectivity index (χ2v) is 4.54. The van der Waals surface area contributed by atoms with Gasteiger partial charge < -0.3 is 16.0 Å². The standard InChI is InChI=1S/C14H20N4O2/c1-2-15-7-8-16-13(19)11-3-5-12(6-4-11)18-10-9-17-14(18)20/h3-6,15H,2,7-10H2,1H3,(H,16,19)(H,17,20). The summed E-state index contributed by atoms with van der Waals surface area (Å²) < 4.78 is 0. The Kier molecular flexibility index (Phi) is 4.95. The predicted molar refractivity (Wildman–Crippen MR) is 78.1 cm³/mol. The number of hydrogen-bond acceptors (Lipinski definition) is 3. The van der Waals surface area contributed by atoms with Crippen LogP contribution < -0.4 is 20.9 Å². The lowest BCUT2D eigenvalue weighted by atomic mass is 10.2. The first-order valence-corrected chi connectivity index (χ1v) is 6.86. The quantitative estimate of drug-likeness (QED) is 0.665. The molecule has 20 heavy (non-hydrogen) atoms. The summed E-state index contributed by atoms with van der Waals surface area (Å²) in [5.41, 5.74) is 1.41. The van der Waals surface area contributed by atoms with Crippen LogP contribution in [0, 0.1) is 0 Å². The first-order chi connectivity index (χ1) is 9.72. The molecule has 0 spiro atoms. The Morgan fingerprint density at radius 2 is 2.05 bits per heavy atom. The van der Waals surface area contributed by atoms with Gasteiger partial charge in [-0.2, -0.15) is 0 Å². The molecule has 1 aromatic carbocycles. The van der Waals surface area contributed by atoms with Crippen LogP contribution in [-0.4, -0.2) is 44.7 Å². The number of carbonyl (C=O) groups excluding carboxylic acids is 2. The highest BCUT2D eigenvalue weighted by Gasteiger charge is 2.20. The Morgan fingerprint density at radius 3 is 2.65 bits per heavy atom. The molecular weight excluding hydrogens is 256 g/mol. The van der Waals surface area contributed by atoms with Crippen LogP contribution in [0.25, 0.3) is 0 Å². The van der Waals surface area contributed by atoms with E-state index >= 15 is 0 Å². The Hall–Kier alpha value is -2.08. The van der Waals surface area contributed by atoms with Gasteiger partial charge in [0, 0.05) is 37.4 Å². The highest BCUT2D eigenvalue weighted by Crippen LogP contribution is 2.17. The van der Waals surface area contributed by atoms with Crippen LogP contribution in [0.5, 0.6) is 0 Å². The highest BCUT2D eigenvalue weighted by atomic mass is 16.2. The maximum atomic E-state index is 11.9. The van der Waals surface area contributed by atoms with Gasteiger partial charge in [-0.1, -0.05) is 6.92 Å². The molecule has 0 atom stereocenters. The second-order valence-electron chi connectivity index (χ2n) is 4.54. The van der Waals surface area contributed by atoms with Gasteiger partial charge in [0.15, 0.2) is 0 Å². The summed E-state index contributed by atoms with van der Waals surface area (Å²) >= 11 is 0. The summed E-state index contributed by atoms with van der Waals surface area (Å²) in [6.07, 6.45) is 0. The van der Waals surface area contributed by atoms with Crippen molar-refractivity contribution in [1.29, 1.82) is 0 Å². The summed E-state index contributed by atoms with van der Waals surface area (Å²) in [7, 11) is 0. The molecule has 1 fully saturated rings. The Labute approximate surface area is 118 Å². The van der Waals surface area contributed by atoms with Crippen molar-refractivity contribution < 1.29 is 9.59 Å². The van der Waals surface area contributed by atoms with Crippen molar-refractivity contribution >= 4 is 17.6 Å². The third-order valence-corrected chi connectivity index (χ3v) is 3.14. The maximum absolute atomic E-state index is 11.9. The zero-order valence-corrected chi connectivity index (χ0v) is 11.6. The number of nitrogens with one attached hydrogen (secondary N) is 3. The second kappa shape index (κ2) is 6.91. The van der Waals surface area contributed by atoms with Crippen LogP contribution in [0.4, 0.5) is 10.5 Å². The molecule has 1 aliphatic heterocycles. The topological polar surface area (TPSA) is 73.5 Å². The summed E-state index contributed by atoms with van der Waals surface area (Å²) in [6.45, 7) is 5.59. The Morgan fingerprint density at radius 1 is 1.30 bits per heavy atom. The fourth-order valence-corrected chi connectivity index (χ4v) is 2.05. The van der Waals surface area contributed by atoms with Crippen LogP contribution in [-0.2, 0) is 0 Å². The maximum Gasteiger partial charge on any atom is 0.321 e. The van der Waals surface area contributed by atoms with E-state index in [0.717, 1.165) is 18.8 Å². The van der Waals surface area contributed by atoms with E-state index < -0.39 is 0 Å². The molecule has 1 saturated heterocycles. The third kappa shape index (κ3) is 3.48. The summed E-state index contributed by atoms with van der Waals surface area (Å²) in [5, 5.41) is 8.72. The fourth-order valence-electron chi connectivity index (χ4n) is 2.05. The zero-order chi connectivity index (χ0) is 14.4. The number of benzene rings is 1. The van der Waals surface area contributed by atoms with Crippen molar-refractivity contribution in [3.8, 4) is 0 Å². The van der Waals surface area contributed by atoms with Crippen LogP contribution in [0.2, 0.25) is 0 Å². The first-order valence-electron chi connectivity index (χ1n) is 6.86. The van der Waals surface area contributed by atoms with Gasteiger partial charge >= 0.3 is 6.03 Å². The number of amides is 3. The molecule has 2 rings (SSSR count). The molecule has 1 heterocycles. The lowest BCUT2D eigenvalue weighted by Gasteiger charge is -2.14. The van der Waals surface area contributed by atoms with E-state index in [0.29, 0.717) is 25.2 Å². The van der Waals surface area contributed by atoms with Crippen molar-refractivity contribution in [2.75, 3.05) is 37.6 Å². The SMILES string of the molecule is CCNCCNC(=O)c1ccc(N2CCNC2=O)cc1. The minimum Gasteiger partial charge on any atom is -0.351 e. The average molecular weight is 276 g/mol. The van der Waals surface area contributed by atoms with Gasteiger partial charge in [0.1, 0.15) is 0 Å². The summed E-state index contributed by atoms with van der Waals surface area (Å²) in [4.78, 5) is 25.1. The monoisotopic (exact) mass is 276 g/mol. The number of rotatable bonds is 6. The minimum absolute atomic E-state index is 0.0900. The van der Waals surface area contributed by atoms with E-state index in [1.807, 2.05) is 6.92 Å². The van der Waals surface area contributed by atoms with Gasteiger partial charge in [0.2, 0.25) is 0 Å². The first kappa shape index (κ1) is 14.3. The highest BCUT2D eigenvalue weighted by molar-refractivity contribution is 5.96. The van der Waals surface area contributed by atoms with Crippen LogP contribution in [0.3, 0.4) is 0 Å². The van der Waals surface area contributed by atoms with Crippen molar-refractivity contribution in [2.24, 2.45) is 0 Å². The smallest absolute Gasteiger partial charge is 0.321 e. The fraction of sp³-hybridized carbons (Fsp3) is 0.429. The molecule has 0 aromatic heterocycles. The molecule has 3 amide bonds. The largest absolute Gasteiger partial charge is 0.351 e. The number of carbonyl (C=O) groups is 2. The number of hydrogen-bond donors (Lipinski definition) is 3. The molecule has 6 heteroatoms. The minimum atomic E-state index is -0.0969. The van der Waals surface area contributed by atoms with E-state index in [1.54, 1.807) is 29.2 Å². The lowest BCUT2D eigenvalue weighted by Crippen LogP contribution is -2.31. The molecule has 1 aromatic rings. The molecule has 0 aliphatic carbocycles. The van der Waals surface area contributed by atoms with Crippen LogP contribution in [0.15, 0.2) is 24.3 Å². The molecule has 3 N–H and O–H groups in total. The van der Waals surface area contributed by atoms with Gasteiger partial charge in [0.25, 0.3) is 5.91 Å². The Balaban J connectivity index is 1.90. The van der Waals surface area contributed by atoms with Gasteiger partial charge in [-0.25, -0.2) is 4.79 Å². The molecule has 0 radical (unpaired) electrons. The van der Waals surface area contributed by atoms with Gasteiger partial charge in [0.05, 0.1) is 0 Å². The summed E-state index contributed by atoms with van der Waals surface area (Å²) in [6, 6.07) is 6.98. The predicted octanol–water partition coefficient (Wildman–Crippen LogP) is 0.556. The molecule has 6 nitrogen and oxygen atoms in total. The molecule has 0 saturated carbocycles. The normalized spacial score (nSPS) is 14.2. The van der Waals surface area contributed by atoms with Crippen LogP contribution in [0.1, 0.15) is 17.3 Å². The lowest BCUT2D eigenvalue weighted by molar-refractivity contribution is 0.0954. The molecule has 1 aliphatic rings. The van der Waals surface area contributed by atoms with E-state index in [1.165, 1.54) is 0 Å². The molecular formula is C14H20N4O2. The average Bonchev–Trinajstić information content (AvgIpc) is 2.90. The zero-order valence-electron chi connectivity index (χ0n) is 11.6. The van der Waals surface area contributed by atoms with Crippen LogP contribution >= 0.6 is 0 Å². The van der Waals surface area contributed by atoms with Crippen molar-refractivity contribution in [3.63, 3.8) is 0 Å². The molecule has 0 bridgehead atoms. The van der Waals surface area contributed by atoms with E-state index in [-0.39, 0.29) is 11.9 Å². The van der Waals surface area contributed by atoms with Gasteiger partial charge in [-0.3, -0.25) is 9.69 Å². The van der Waals surface area contributed by atoms with Crippen molar-refractivity contribution in [2.45, 2.75) is 6.92 Å². The molecule has 108 valence electrons. The van der Waals surface area contributed by atoms with Gasteiger partial charge in [-0.05, 0) is 30.8 Å². The summed E-state index contributed by atoms with van der Waals surface area (Å²) in [5.74, 6) is -0.0969. The van der Waals surface area contributed by atoms with Gasteiger partial charge in [-0.15, -0.1) is 0 Å². The van der Waals surface area contributed by atoms with E-state index in [4.69, 9.17) is 0 Å². The number of urea groups is 1. The molecule has 0 unspecified atom stereocenters. The Bertz CT molecular complexity index is 473. The number of likely N-dealkylation sites (N-methyl/N-ethyl adjacent to an activating group) is 1. The third-order valence-electron chi connectivity index (χ3n) is 3.14. The number of nitrogens with zero attached hydrogens (tertiary/aromatic N) is 1. The van der Waals surface area contributed by atoms with Crippen molar-refractivity contribution in [1.82, 2.24) is 16.0 Å². The number of anilines is 1.